The first kappa shape index (κ1) is 18.3. The zero-order valence-electron chi connectivity index (χ0n) is 11.4. The minimum Gasteiger partial charge on any atom is -0.743 e. The Morgan fingerprint density at radius 3 is 1.96 bits per heavy atom. The summed E-state index contributed by atoms with van der Waals surface area (Å²) < 4.78 is 114. The van der Waals surface area contributed by atoms with E-state index in [2.05, 4.69) is 4.74 Å². The van der Waals surface area contributed by atoms with Crippen LogP contribution in [0.25, 0.3) is 10.8 Å². The van der Waals surface area contributed by atoms with Crippen molar-refractivity contribution in [3.63, 3.8) is 0 Å². The normalized spacial score (nSPS) is 14.0. The average molecular weight is 373 g/mol. The van der Waals surface area contributed by atoms with Gasteiger partial charge in [-0.3, -0.25) is 0 Å². The topological polar surface area (TPSA) is 66.4 Å². The molecule has 0 N–H and O–H groups in total. The second kappa shape index (κ2) is 5.52. The van der Waals surface area contributed by atoms with Crippen LogP contribution in [0.3, 0.4) is 0 Å². The van der Waals surface area contributed by atoms with Gasteiger partial charge < -0.3 is 9.29 Å². The van der Waals surface area contributed by atoms with Crippen LogP contribution in [0, 0.1) is 0 Å². The highest BCUT2D eigenvalue weighted by Gasteiger charge is 2.77. The summed E-state index contributed by atoms with van der Waals surface area (Å²) in [5, 5.41) is -5.77. The maximum absolute atomic E-state index is 13.5. The van der Waals surface area contributed by atoms with Gasteiger partial charge in [0.15, 0.2) is 10.1 Å². The lowest BCUT2D eigenvalue weighted by Gasteiger charge is -2.33. The smallest absolute Gasteiger partial charge is 0.472 e. The zero-order valence-corrected chi connectivity index (χ0v) is 12.2. The second-order valence-corrected chi connectivity index (χ2v) is 6.09. The summed E-state index contributed by atoms with van der Waals surface area (Å²) >= 11 is 0. The lowest BCUT2D eigenvalue weighted by molar-refractivity contribution is -0.353. The monoisotopic (exact) mass is 373 g/mol. The molecule has 0 aliphatic heterocycles. The molecule has 11 heteroatoms. The molecular weight excluding hydrogens is 366 g/mol. The highest BCUT2D eigenvalue weighted by Crippen LogP contribution is 2.48. The standard InChI is InChI=1S/C13H8F6O4S/c14-11(15,13(18,19)24(20,21)22)12(16,17)23-10-6-5-8-3-1-2-4-9(8)7-10/h1-7H,(H,20,21,22)/p-1. The van der Waals surface area contributed by atoms with Crippen LogP contribution >= 0.6 is 0 Å². The van der Waals surface area contributed by atoms with Crippen molar-refractivity contribution in [3.8, 4) is 5.75 Å². The molecule has 0 fully saturated rings. The van der Waals surface area contributed by atoms with Crippen molar-refractivity contribution >= 4 is 20.9 Å². The van der Waals surface area contributed by atoms with E-state index < -0.39 is 33.2 Å². The quantitative estimate of drug-likeness (QED) is 0.594. The first-order valence-electron chi connectivity index (χ1n) is 6.06. The molecule has 2 aromatic carbocycles. The van der Waals surface area contributed by atoms with Crippen molar-refractivity contribution in [2.24, 2.45) is 0 Å². The van der Waals surface area contributed by atoms with E-state index >= 15 is 0 Å². The fourth-order valence-corrected chi connectivity index (χ4v) is 2.20. The summed E-state index contributed by atoms with van der Waals surface area (Å²) in [5.41, 5.74) is 0. The van der Waals surface area contributed by atoms with Gasteiger partial charge in [0.1, 0.15) is 5.75 Å². The van der Waals surface area contributed by atoms with E-state index in [1.807, 2.05) is 0 Å². The number of rotatable bonds is 5. The van der Waals surface area contributed by atoms with Gasteiger partial charge in [-0.05, 0) is 22.9 Å². The zero-order chi connectivity index (χ0) is 18.4. The van der Waals surface area contributed by atoms with Crippen molar-refractivity contribution in [1.82, 2.24) is 0 Å². The molecule has 0 atom stereocenters. The summed E-state index contributed by atoms with van der Waals surface area (Å²) in [6, 6.07) is 8.93. The lowest BCUT2D eigenvalue weighted by Crippen LogP contribution is -2.60. The molecule has 0 saturated carbocycles. The van der Waals surface area contributed by atoms with Crippen LogP contribution in [0.5, 0.6) is 5.75 Å². The Hall–Kier alpha value is -2.01. The van der Waals surface area contributed by atoms with Crippen LogP contribution in [0.4, 0.5) is 26.3 Å². The minimum atomic E-state index is -7.06. The first-order chi connectivity index (χ1) is 10.8. The number of alkyl halides is 6. The molecule has 0 aliphatic carbocycles. The number of hydrogen-bond acceptors (Lipinski definition) is 4. The van der Waals surface area contributed by atoms with Crippen molar-refractivity contribution < 1.29 is 44.0 Å². The van der Waals surface area contributed by atoms with E-state index in [4.69, 9.17) is 0 Å². The highest BCUT2D eigenvalue weighted by atomic mass is 32.2. The van der Waals surface area contributed by atoms with Gasteiger partial charge in [-0.25, -0.2) is 8.42 Å². The Labute approximate surface area is 131 Å². The summed E-state index contributed by atoms with van der Waals surface area (Å²) in [6.45, 7) is 0. The molecule has 2 aromatic rings. The number of halogens is 6. The molecule has 0 bridgehead atoms. The number of ether oxygens (including phenoxy) is 1. The molecule has 0 amide bonds. The van der Waals surface area contributed by atoms with E-state index in [9.17, 15) is 39.3 Å². The molecule has 0 aromatic heterocycles. The van der Waals surface area contributed by atoms with Crippen LogP contribution in [0.1, 0.15) is 0 Å². The number of benzene rings is 2. The largest absolute Gasteiger partial charge is 0.743 e. The van der Waals surface area contributed by atoms with Crippen LogP contribution in [-0.4, -0.2) is 30.3 Å². The molecule has 0 unspecified atom stereocenters. The summed E-state index contributed by atoms with van der Waals surface area (Å²) in [7, 11) is -7.06. The third-order valence-corrected chi connectivity index (χ3v) is 3.90. The van der Waals surface area contributed by atoms with Gasteiger partial charge in [-0.2, -0.15) is 26.3 Å². The minimum absolute atomic E-state index is 0.275. The van der Waals surface area contributed by atoms with E-state index in [1.54, 1.807) is 12.1 Å². The number of fused-ring (bicyclic) bond motifs is 1. The SMILES string of the molecule is O=S(=O)([O-])C(F)(F)C(F)(F)C(F)(F)Oc1ccc2ccccc2c1. The van der Waals surface area contributed by atoms with E-state index in [-0.39, 0.29) is 5.39 Å². The molecule has 0 spiro atoms. The van der Waals surface area contributed by atoms with Gasteiger partial charge in [-0.1, -0.05) is 30.3 Å². The van der Waals surface area contributed by atoms with E-state index in [0.29, 0.717) is 5.39 Å². The van der Waals surface area contributed by atoms with Crippen LogP contribution in [0.2, 0.25) is 0 Å². The van der Waals surface area contributed by atoms with Crippen molar-refractivity contribution in [3.05, 3.63) is 42.5 Å². The Balaban J connectivity index is 2.41. The predicted octanol–water partition coefficient (Wildman–Crippen LogP) is 3.58. The first-order valence-corrected chi connectivity index (χ1v) is 7.47. The third kappa shape index (κ3) is 2.88. The predicted molar refractivity (Wildman–Crippen MR) is 69.1 cm³/mol. The fourth-order valence-electron chi connectivity index (χ4n) is 1.77. The maximum Gasteiger partial charge on any atom is 0.472 e. The van der Waals surface area contributed by atoms with Crippen molar-refractivity contribution in [2.75, 3.05) is 0 Å². The maximum atomic E-state index is 13.5. The summed E-state index contributed by atoms with van der Waals surface area (Å²) in [4.78, 5) is 0. The fraction of sp³-hybridized carbons (Fsp3) is 0.231. The molecule has 0 radical (unpaired) electrons. The highest BCUT2D eigenvalue weighted by molar-refractivity contribution is 7.86. The Kier molecular flexibility index (Phi) is 4.21. The second-order valence-electron chi connectivity index (χ2n) is 4.67. The Bertz CT molecular complexity index is 866. The molecule has 2 rings (SSSR count). The lowest BCUT2D eigenvalue weighted by atomic mass is 10.1. The number of hydrogen-bond donors (Lipinski definition) is 0. The van der Waals surface area contributed by atoms with Crippen molar-refractivity contribution in [1.29, 1.82) is 0 Å². The molecule has 0 heterocycles. The molecule has 24 heavy (non-hydrogen) atoms. The molecule has 4 nitrogen and oxygen atoms in total. The summed E-state index contributed by atoms with van der Waals surface area (Å²) in [5.74, 6) is -7.51. The van der Waals surface area contributed by atoms with E-state index in [1.165, 1.54) is 18.2 Å². The Morgan fingerprint density at radius 1 is 0.875 bits per heavy atom. The van der Waals surface area contributed by atoms with Gasteiger partial charge in [0.2, 0.25) is 0 Å². The third-order valence-electron chi connectivity index (χ3n) is 3.01. The van der Waals surface area contributed by atoms with Crippen molar-refractivity contribution in [2.45, 2.75) is 17.3 Å². The van der Waals surface area contributed by atoms with Crippen LogP contribution in [-0.2, 0) is 10.1 Å². The van der Waals surface area contributed by atoms with Crippen LogP contribution in [0.15, 0.2) is 42.5 Å². The summed E-state index contributed by atoms with van der Waals surface area (Å²) in [6.07, 6.45) is -5.96. The van der Waals surface area contributed by atoms with Gasteiger partial charge in [0.05, 0.1) is 0 Å². The van der Waals surface area contributed by atoms with Gasteiger partial charge in [0.25, 0.3) is 0 Å². The van der Waals surface area contributed by atoms with Gasteiger partial charge >= 0.3 is 17.3 Å². The molecular formula is C13H7F6O4S-. The molecule has 0 saturated heterocycles. The van der Waals surface area contributed by atoms with Gasteiger partial charge in [0, 0.05) is 0 Å². The molecule has 132 valence electrons. The van der Waals surface area contributed by atoms with Crippen LogP contribution < -0.4 is 4.74 Å². The Morgan fingerprint density at radius 2 is 1.42 bits per heavy atom. The van der Waals surface area contributed by atoms with Gasteiger partial charge in [-0.15, -0.1) is 0 Å². The molecule has 0 aliphatic rings. The van der Waals surface area contributed by atoms with E-state index in [0.717, 1.165) is 12.1 Å². The average Bonchev–Trinajstić information content (AvgIpc) is 2.45.